The fourth-order valence-electron chi connectivity index (χ4n) is 4.24. The molecule has 0 radical (unpaired) electrons. The van der Waals surface area contributed by atoms with Crippen LogP contribution in [0, 0.1) is 19.8 Å². The molecule has 0 saturated carbocycles. The summed E-state index contributed by atoms with van der Waals surface area (Å²) in [4.78, 5) is 54.3. The highest BCUT2D eigenvalue weighted by Gasteiger charge is 2.42. The number of amides is 3. The Balaban J connectivity index is 3.57. The van der Waals surface area contributed by atoms with Gasteiger partial charge in [-0.3, -0.25) is 14.4 Å². The van der Waals surface area contributed by atoms with E-state index in [-0.39, 0.29) is 25.5 Å². The highest BCUT2D eigenvalue weighted by Crippen LogP contribution is 2.33. The molecule has 39 heavy (non-hydrogen) atoms. The third-order valence-electron chi connectivity index (χ3n) is 6.04. The monoisotopic (exact) mass is 547 g/mol. The number of nitrogens with one attached hydrogen (secondary N) is 2. The fourth-order valence-corrected chi connectivity index (χ4v) is 4.24. The Labute approximate surface area is 234 Å². The molecule has 0 aliphatic carbocycles. The van der Waals surface area contributed by atoms with Gasteiger partial charge in [-0.2, -0.15) is 0 Å². The topological polar surface area (TPSA) is 114 Å². The van der Waals surface area contributed by atoms with Crippen LogP contribution in [0.15, 0.2) is 18.2 Å². The first-order valence-electron chi connectivity index (χ1n) is 13.7. The van der Waals surface area contributed by atoms with E-state index in [4.69, 9.17) is 9.47 Å². The number of rotatable bonds is 11. The zero-order valence-electron chi connectivity index (χ0n) is 25.7. The van der Waals surface area contributed by atoms with Gasteiger partial charge in [-0.1, -0.05) is 32.0 Å². The number of benzene rings is 1. The number of carbonyl (C=O) groups is 4. The van der Waals surface area contributed by atoms with Gasteiger partial charge in [0.05, 0.1) is 13.0 Å². The number of nitrogens with zero attached hydrogens (tertiary/aromatic N) is 1. The minimum Gasteiger partial charge on any atom is -0.466 e. The van der Waals surface area contributed by atoms with Crippen molar-refractivity contribution in [2.45, 2.75) is 112 Å². The lowest BCUT2D eigenvalue weighted by Gasteiger charge is -2.43. The summed E-state index contributed by atoms with van der Waals surface area (Å²) < 4.78 is 10.4. The van der Waals surface area contributed by atoms with Crippen LogP contribution in [0.4, 0.5) is 4.79 Å². The second-order valence-corrected chi connectivity index (χ2v) is 12.2. The van der Waals surface area contributed by atoms with Crippen molar-refractivity contribution in [2.75, 3.05) is 13.2 Å². The maximum atomic E-state index is 14.3. The van der Waals surface area contributed by atoms with Crippen LogP contribution in [0.5, 0.6) is 0 Å². The molecule has 1 aromatic carbocycles. The number of ether oxygens (including phenoxy) is 2. The predicted molar refractivity (Wildman–Crippen MR) is 152 cm³/mol. The van der Waals surface area contributed by atoms with Crippen LogP contribution >= 0.6 is 0 Å². The van der Waals surface area contributed by atoms with Crippen molar-refractivity contribution in [3.05, 3.63) is 34.9 Å². The molecule has 2 N–H and O–H groups in total. The molecule has 2 unspecified atom stereocenters. The zero-order chi connectivity index (χ0) is 30.1. The fraction of sp³-hybridized carbons (Fsp3) is 0.667. The maximum absolute atomic E-state index is 14.3. The maximum Gasteiger partial charge on any atom is 0.408 e. The summed E-state index contributed by atoms with van der Waals surface area (Å²) in [7, 11) is 0. The lowest BCUT2D eigenvalue weighted by Crippen LogP contribution is -2.59. The van der Waals surface area contributed by atoms with Gasteiger partial charge in [0.2, 0.25) is 11.8 Å². The van der Waals surface area contributed by atoms with Crippen LogP contribution in [-0.2, 0) is 23.9 Å². The van der Waals surface area contributed by atoms with E-state index in [1.807, 2.05) is 66.7 Å². The van der Waals surface area contributed by atoms with Crippen LogP contribution in [0.2, 0.25) is 0 Å². The van der Waals surface area contributed by atoms with E-state index < -0.39 is 47.1 Å². The van der Waals surface area contributed by atoms with Gasteiger partial charge in [0, 0.05) is 12.1 Å². The molecule has 1 rings (SSSR count). The van der Waals surface area contributed by atoms with Gasteiger partial charge in [-0.05, 0) is 91.3 Å². The standard InChI is InChI=1S/C30H49N3O6/c1-12-38-24(34)16-17-31-26(35)25(22-15-13-14-20(4)21(22)5)33(29(6,7)8)27(36)23(18-19(2)3)32-28(37)39-30(9,10)11/h13-15,19,23,25H,12,16-18H2,1-11H3,(H,31,35)(H,32,37). The van der Waals surface area contributed by atoms with E-state index in [1.54, 1.807) is 32.6 Å². The summed E-state index contributed by atoms with van der Waals surface area (Å²) in [6, 6.07) is 3.71. The molecule has 2 atom stereocenters. The Kier molecular flexibility index (Phi) is 12.5. The molecule has 1 aromatic rings. The van der Waals surface area contributed by atoms with Gasteiger partial charge in [-0.15, -0.1) is 0 Å². The van der Waals surface area contributed by atoms with Gasteiger partial charge in [-0.25, -0.2) is 4.79 Å². The molecule has 0 fully saturated rings. The molecular weight excluding hydrogens is 498 g/mol. The Hall–Kier alpha value is -3.10. The first-order valence-corrected chi connectivity index (χ1v) is 13.7. The molecule has 0 heterocycles. The molecule has 0 bridgehead atoms. The summed E-state index contributed by atoms with van der Waals surface area (Å²) in [6.07, 6.45) is -0.328. The van der Waals surface area contributed by atoms with E-state index in [1.165, 1.54) is 0 Å². The number of hydrogen-bond donors (Lipinski definition) is 2. The largest absolute Gasteiger partial charge is 0.466 e. The number of aryl methyl sites for hydroxylation is 1. The molecule has 0 aliphatic rings. The molecule has 9 heteroatoms. The van der Waals surface area contributed by atoms with Crippen LogP contribution < -0.4 is 10.6 Å². The first-order chi connectivity index (χ1) is 17.9. The van der Waals surface area contributed by atoms with E-state index >= 15 is 0 Å². The van der Waals surface area contributed by atoms with Gasteiger partial charge in [0.25, 0.3) is 0 Å². The van der Waals surface area contributed by atoms with Crippen molar-refractivity contribution in [2.24, 2.45) is 5.92 Å². The van der Waals surface area contributed by atoms with Crippen LogP contribution in [-0.4, -0.2) is 59.1 Å². The number of carbonyl (C=O) groups excluding carboxylic acids is 4. The van der Waals surface area contributed by atoms with Crippen molar-refractivity contribution in [1.82, 2.24) is 15.5 Å². The first kappa shape index (κ1) is 33.9. The second kappa shape index (κ2) is 14.3. The summed E-state index contributed by atoms with van der Waals surface area (Å²) in [6.45, 7) is 20.7. The lowest BCUT2D eigenvalue weighted by molar-refractivity contribution is -0.149. The summed E-state index contributed by atoms with van der Waals surface area (Å²) in [5.74, 6) is -1.15. The van der Waals surface area contributed by atoms with Crippen molar-refractivity contribution >= 4 is 23.9 Å². The minimum atomic E-state index is -1.00. The third kappa shape index (κ3) is 10.9. The molecule has 0 saturated heterocycles. The molecule has 0 spiro atoms. The Morgan fingerprint density at radius 3 is 2.13 bits per heavy atom. The van der Waals surface area contributed by atoms with E-state index in [0.29, 0.717) is 12.0 Å². The van der Waals surface area contributed by atoms with Gasteiger partial charge >= 0.3 is 12.1 Å². The van der Waals surface area contributed by atoms with E-state index in [2.05, 4.69) is 10.6 Å². The number of hydrogen-bond acceptors (Lipinski definition) is 6. The van der Waals surface area contributed by atoms with Crippen LogP contribution in [0.25, 0.3) is 0 Å². The van der Waals surface area contributed by atoms with Crippen LogP contribution in [0.1, 0.15) is 97.9 Å². The smallest absolute Gasteiger partial charge is 0.408 e. The SMILES string of the molecule is CCOC(=O)CCNC(=O)C(c1cccc(C)c1C)N(C(=O)C(CC(C)C)NC(=O)OC(C)(C)C)C(C)(C)C. The normalized spacial score (nSPS) is 13.3. The Morgan fingerprint density at radius 2 is 1.62 bits per heavy atom. The summed E-state index contributed by atoms with van der Waals surface area (Å²) >= 11 is 0. The highest BCUT2D eigenvalue weighted by atomic mass is 16.6. The van der Waals surface area contributed by atoms with Gasteiger partial charge < -0.3 is 25.0 Å². The predicted octanol–water partition coefficient (Wildman–Crippen LogP) is 4.98. The molecular formula is C30H49N3O6. The second-order valence-electron chi connectivity index (χ2n) is 12.2. The van der Waals surface area contributed by atoms with Crippen molar-refractivity contribution < 1.29 is 28.7 Å². The Morgan fingerprint density at radius 1 is 1.00 bits per heavy atom. The molecule has 0 aromatic heterocycles. The lowest BCUT2D eigenvalue weighted by atomic mass is 9.90. The van der Waals surface area contributed by atoms with Crippen molar-refractivity contribution in [3.63, 3.8) is 0 Å². The molecule has 3 amide bonds. The van der Waals surface area contributed by atoms with Gasteiger partial charge in [0.15, 0.2) is 0 Å². The third-order valence-corrected chi connectivity index (χ3v) is 6.04. The van der Waals surface area contributed by atoms with E-state index in [9.17, 15) is 19.2 Å². The number of alkyl carbamates (subject to hydrolysis) is 1. The quantitative estimate of drug-likeness (QED) is 0.378. The van der Waals surface area contributed by atoms with Crippen molar-refractivity contribution in [3.8, 4) is 0 Å². The molecule has 220 valence electrons. The Bertz CT molecular complexity index is 1010. The van der Waals surface area contributed by atoms with Crippen LogP contribution in [0.3, 0.4) is 0 Å². The zero-order valence-corrected chi connectivity index (χ0v) is 25.7. The highest BCUT2D eigenvalue weighted by molar-refractivity contribution is 5.93. The number of esters is 1. The average molecular weight is 548 g/mol. The van der Waals surface area contributed by atoms with Crippen molar-refractivity contribution in [1.29, 1.82) is 0 Å². The average Bonchev–Trinajstić information content (AvgIpc) is 2.76. The molecule has 9 nitrogen and oxygen atoms in total. The van der Waals surface area contributed by atoms with E-state index in [0.717, 1.165) is 11.1 Å². The molecule has 0 aliphatic heterocycles. The van der Waals surface area contributed by atoms with Gasteiger partial charge in [0.1, 0.15) is 17.7 Å². The summed E-state index contributed by atoms with van der Waals surface area (Å²) in [5, 5.41) is 5.59. The minimum absolute atomic E-state index is 0.0126. The summed E-state index contributed by atoms with van der Waals surface area (Å²) in [5.41, 5.74) is 0.988.